The summed E-state index contributed by atoms with van der Waals surface area (Å²) >= 11 is 5.98. The van der Waals surface area contributed by atoms with Crippen LogP contribution < -0.4 is 16.4 Å². The van der Waals surface area contributed by atoms with Gasteiger partial charge in [0.1, 0.15) is 0 Å². The van der Waals surface area contributed by atoms with Crippen LogP contribution in [0.3, 0.4) is 0 Å². The Morgan fingerprint density at radius 2 is 1.90 bits per heavy atom. The number of aryl methyl sites for hydroxylation is 1. The number of carbonyl (C=O) groups is 1. The molecule has 0 fully saturated rings. The van der Waals surface area contributed by atoms with E-state index in [1.165, 1.54) is 5.56 Å². The van der Waals surface area contributed by atoms with Gasteiger partial charge in [0.2, 0.25) is 0 Å². The first-order valence-corrected chi connectivity index (χ1v) is 6.78. The van der Waals surface area contributed by atoms with Gasteiger partial charge in [-0.25, -0.2) is 4.79 Å². The molecule has 0 aliphatic rings. The number of hydrogen-bond acceptors (Lipinski definition) is 2. The lowest BCUT2D eigenvalue weighted by Gasteiger charge is -2.07. The normalized spacial score (nSPS) is 10.6. The minimum Gasteiger partial charge on any atom is -0.399 e. The number of hydrogen-bond donors (Lipinski definition) is 3. The zero-order valence-corrected chi connectivity index (χ0v) is 12.3. The third-order valence-electron chi connectivity index (χ3n) is 2.81. The zero-order chi connectivity index (χ0) is 15.2. The maximum atomic E-state index is 11.7. The van der Waals surface area contributed by atoms with E-state index in [1.54, 1.807) is 24.4 Å². The molecule has 4 nitrogen and oxygen atoms in total. The molecule has 2 aromatic carbocycles. The molecule has 0 saturated heterocycles. The van der Waals surface area contributed by atoms with Gasteiger partial charge < -0.3 is 16.4 Å². The highest BCUT2D eigenvalue weighted by molar-refractivity contribution is 6.34. The van der Waals surface area contributed by atoms with Crippen LogP contribution in [0, 0.1) is 6.92 Å². The predicted molar refractivity (Wildman–Crippen MR) is 88.2 cm³/mol. The number of carbonyl (C=O) groups excluding carboxylic acids is 1. The monoisotopic (exact) mass is 301 g/mol. The van der Waals surface area contributed by atoms with Gasteiger partial charge in [-0.2, -0.15) is 0 Å². The number of rotatable bonds is 3. The average Bonchev–Trinajstić information content (AvgIpc) is 2.44. The second-order valence-corrected chi connectivity index (χ2v) is 4.99. The standard InChI is InChI=1S/C16H16ClN3O/c1-11-2-4-12(5-3-11)8-9-19-16(21)20-15-7-6-13(18)10-14(15)17/h2-10H,18H2,1H3,(H2,19,20,21)/b9-8+. The number of urea groups is 1. The van der Waals surface area contributed by atoms with E-state index in [0.717, 1.165) is 5.56 Å². The molecule has 0 aromatic heterocycles. The van der Waals surface area contributed by atoms with E-state index >= 15 is 0 Å². The average molecular weight is 302 g/mol. The quantitative estimate of drug-likeness (QED) is 0.749. The first-order chi connectivity index (χ1) is 10.0. The van der Waals surface area contributed by atoms with Crippen LogP contribution in [0.1, 0.15) is 11.1 Å². The molecule has 5 heteroatoms. The van der Waals surface area contributed by atoms with Crippen LogP contribution in [0.25, 0.3) is 6.08 Å². The van der Waals surface area contributed by atoms with Crippen LogP contribution in [0.2, 0.25) is 5.02 Å². The van der Waals surface area contributed by atoms with Crippen molar-refractivity contribution in [3.63, 3.8) is 0 Å². The van der Waals surface area contributed by atoms with Gasteiger partial charge in [0.15, 0.2) is 0 Å². The summed E-state index contributed by atoms with van der Waals surface area (Å²) in [6.45, 7) is 2.02. The summed E-state index contributed by atoms with van der Waals surface area (Å²) in [5.41, 5.74) is 8.84. The highest BCUT2D eigenvalue weighted by Gasteiger charge is 2.04. The van der Waals surface area contributed by atoms with Crippen LogP contribution in [0.4, 0.5) is 16.2 Å². The van der Waals surface area contributed by atoms with Crippen molar-refractivity contribution in [3.8, 4) is 0 Å². The summed E-state index contributed by atoms with van der Waals surface area (Å²) < 4.78 is 0. The predicted octanol–water partition coefficient (Wildman–Crippen LogP) is 4.02. The van der Waals surface area contributed by atoms with Crippen molar-refractivity contribution in [3.05, 3.63) is 64.8 Å². The van der Waals surface area contributed by atoms with Gasteiger partial charge in [0, 0.05) is 11.9 Å². The van der Waals surface area contributed by atoms with Crippen molar-refractivity contribution >= 4 is 35.1 Å². The lowest BCUT2D eigenvalue weighted by Crippen LogP contribution is -2.23. The second kappa shape index (κ2) is 6.81. The Labute approximate surface area is 128 Å². The molecule has 0 aliphatic carbocycles. The maximum Gasteiger partial charge on any atom is 0.323 e. The molecule has 0 heterocycles. The van der Waals surface area contributed by atoms with E-state index in [0.29, 0.717) is 16.4 Å². The van der Waals surface area contributed by atoms with Gasteiger partial charge >= 0.3 is 6.03 Å². The molecule has 0 bridgehead atoms. The number of benzene rings is 2. The molecule has 0 saturated carbocycles. The Kier molecular flexibility index (Phi) is 4.85. The fourth-order valence-corrected chi connectivity index (χ4v) is 1.92. The van der Waals surface area contributed by atoms with Crippen LogP contribution in [0.15, 0.2) is 48.7 Å². The van der Waals surface area contributed by atoms with E-state index in [2.05, 4.69) is 10.6 Å². The van der Waals surface area contributed by atoms with Crippen LogP contribution >= 0.6 is 11.6 Å². The molecule has 2 amide bonds. The van der Waals surface area contributed by atoms with Crippen molar-refractivity contribution in [1.29, 1.82) is 0 Å². The Morgan fingerprint density at radius 3 is 2.57 bits per heavy atom. The molecule has 2 rings (SSSR count). The number of nitrogens with two attached hydrogens (primary N) is 1. The number of halogens is 1. The van der Waals surface area contributed by atoms with E-state index in [4.69, 9.17) is 17.3 Å². The Morgan fingerprint density at radius 1 is 1.19 bits per heavy atom. The Hall–Kier alpha value is -2.46. The van der Waals surface area contributed by atoms with Gasteiger partial charge in [-0.1, -0.05) is 41.4 Å². The molecule has 0 unspecified atom stereocenters. The third kappa shape index (κ3) is 4.54. The Balaban J connectivity index is 1.91. The summed E-state index contributed by atoms with van der Waals surface area (Å²) in [6.07, 6.45) is 3.38. The summed E-state index contributed by atoms with van der Waals surface area (Å²) in [5, 5.41) is 5.66. The smallest absolute Gasteiger partial charge is 0.323 e. The molecule has 0 radical (unpaired) electrons. The van der Waals surface area contributed by atoms with Gasteiger partial charge in [-0.15, -0.1) is 0 Å². The fraction of sp³-hybridized carbons (Fsp3) is 0.0625. The molecule has 4 N–H and O–H groups in total. The zero-order valence-electron chi connectivity index (χ0n) is 11.6. The van der Waals surface area contributed by atoms with Gasteiger partial charge in [-0.05, 0) is 36.8 Å². The molecule has 2 aromatic rings. The first kappa shape index (κ1) is 14.9. The number of amides is 2. The molecule has 21 heavy (non-hydrogen) atoms. The fourth-order valence-electron chi connectivity index (χ4n) is 1.68. The van der Waals surface area contributed by atoms with E-state index in [-0.39, 0.29) is 6.03 Å². The maximum absolute atomic E-state index is 11.7. The number of anilines is 2. The Bertz CT molecular complexity index is 666. The highest BCUT2D eigenvalue weighted by atomic mass is 35.5. The van der Waals surface area contributed by atoms with Crippen LogP contribution in [-0.4, -0.2) is 6.03 Å². The van der Waals surface area contributed by atoms with Crippen molar-refractivity contribution in [2.24, 2.45) is 0 Å². The van der Waals surface area contributed by atoms with Crippen LogP contribution in [0.5, 0.6) is 0 Å². The van der Waals surface area contributed by atoms with E-state index in [1.807, 2.05) is 37.3 Å². The first-order valence-electron chi connectivity index (χ1n) is 6.40. The SMILES string of the molecule is Cc1ccc(/C=C/NC(=O)Nc2ccc(N)cc2Cl)cc1. The summed E-state index contributed by atoms with van der Waals surface area (Å²) in [4.78, 5) is 11.7. The van der Waals surface area contributed by atoms with Gasteiger partial charge in [0.25, 0.3) is 0 Å². The minimum absolute atomic E-state index is 0.370. The minimum atomic E-state index is -0.370. The van der Waals surface area contributed by atoms with Crippen molar-refractivity contribution in [2.75, 3.05) is 11.1 Å². The van der Waals surface area contributed by atoms with Crippen molar-refractivity contribution in [2.45, 2.75) is 6.92 Å². The highest BCUT2D eigenvalue weighted by Crippen LogP contribution is 2.23. The topological polar surface area (TPSA) is 67.2 Å². The van der Waals surface area contributed by atoms with Crippen molar-refractivity contribution in [1.82, 2.24) is 5.32 Å². The molecule has 108 valence electrons. The lowest BCUT2D eigenvalue weighted by atomic mass is 10.1. The largest absolute Gasteiger partial charge is 0.399 e. The molecular weight excluding hydrogens is 286 g/mol. The van der Waals surface area contributed by atoms with E-state index < -0.39 is 0 Å². The summed E-state index contributed by atoms with van der Waals surface area (Å²) in [6, 6.07) is 12.5. The third-order valence-corrected chi connectivity index (χ3v) is 3.12. The second-order valence-electron chi connectivity index (χ2n) is 4.58. The van der Waals surface area contributed by atoms with Crippen molar-refractivity contribution < 1.29 is 4.79 Å². The molecular formula is C16H16ClN3O. The van der Waals surface area contributed by atoms with E-state index in [9.17, 15) is 4.79 Å². The molecule has 0 aliphatic heterocycles. The molecule has 0 spiro atoms. The van der Waals surface area contributed by atoms with Crippen LogP contribution in [-0.2, 0) is 0 Å². The van der Waals surface area contributed by atoms with Gasteiger partial charge in [0.05, 0.1) is 10.7 Å². The van der Waals surface area contributed by atoms with Gasteiger partial charge in [-0.3, -0.25) is 0 Å². The number of nitrogen functional groups attached to an aromatic ring is 1. The summed E-state index contributed by atoms with van der Waals surface area (Å²) in [5.74, 6) is 0. The molecule has 0 atom stereocenters. The lowest BCUT2D eigenvalue weighted by molar-refractivity contribution is 0.255. The summed E-state index contributed by atoms with van der Waals surface area (Å²) in [7, 11) is 0. The number of nitrogens with one attached hydrogen (secondary N) is 2.